The summed E-state index contributed by atoms with van der Waals surface area (Å²) in [5.74, 6) is 0.839. The van der Waals surface area contributed by atoms with Crippen LogP contribution in [0.15, 0.2) is 16.8 Å². The number of aromatic nitrogens is 3. The SMILES string of the molecule is Cc1cc(Cc2nn(C3CCOC3)cc2C)no1. The van der Waals surface area contributed by atoms with E-state index in [0.717, 1.165) is 43.2 Å². The first-order valence-electron chi connectivity index (χ1n) is 6.27. The highest BCUT2D eigenvalue weighted by Gasteiger charge is 2.19. The summed E-state index contributed by atoms with van der Waals surface area (Å²) in [6, 6.07) is 2.34. The molecule has 0 spiro atoms. The van der Waals surface area contributed by atoms with E-state index in [1.807, 2.05) is 17.7 Å². The highest BCUT2D eigenvalue weighted by atomic mass is 16.5. The lowest BCUT2D eigenvalue weighted by Gasteiger charge is -2.06. The molecule has 5 heteroatoms. The van der Waals surface area contributed by atoms with Crippen molar-refractivity contribution in [2.45, 2.75) is 32.7 Å². The first kappa shape index (κ1) is 11.5. The van der Waals surface area contributed by atoms with Gasteiger partial charge >= 0.3 is 0 Å². The maximum Gasteiger partial charge on any atom is 0.133 e. The second kappa shape index (κ2) is 4.57. The summed E-state index contributed by atoms with van der Waals surface area (Å²) >= 11 is 0. The average molecular weight is 247 g/mol. The van der Waals surface area contributed by atoms with Crippen LogP contribution in [0, 0.1) is 13.8 Å². The number of nitrogens with zero attached hydrogens (tertiary/aromatic N) is 3. The van der Waals surface area contributed by atoms with Crippen molar-refractivity contribution in [2.75, 3.05) is 13.2 Å². The lowest BCUT2D eigenvalue weighted by Crippen LogP contribution is -2.09. The van der Waals surface area contributed by atoms with E-state index in [-0.39, 0.29) is 0 Å². The van der Waals surface area contributed by atoms with E-state index in [4.69, 9.17) is 9.26 Å². The number of hydrogen-bond donors (Lipinski definition) is 0. The molecule has 18 heavy (non-hydrogen) atoms. The molecule has 1 atom stereocenters. The molecular formula is C13H17N3O2. The molecule has 0 amide bonds. The van der Waals surface area contributed by atoms with E-state index in [1.54, 1.807) is 0 Å². The first-order valence-corrected chi connectivity index (χ1v) is 6.27. The predicted molar refractivity (Wildman–Crippen MR) is 65.5 cm³/mol. The van der Waals surface area contributed by atoms with Crippen molar-refractivity contribution in [3.63, 3.8) is 0 Å². The van der Waals surface area contributed by atoms with Gasteiger partial charge in [0.1, 0.15) is 5.76 Å². The van der Waals surface area contributed by atoms with Gasteiger partial charge in [-0.15, -0.1) is 0 Å². The minimum absolute atomic E-state index is 0.386. The standard InChI is InChI=1S/C13H17N3O2/c1-9-7-16(12-3-4-17-8-12)14-13(9)6-11-5-10(2)18-15-11/h5,7,12H,3-4,6,8H2,1-2H3. The zero-order valence-electron chi connectivity index (χ0n) is 10.7. The maximum absolute atomic E-state index is 5.39. The Hall–Kier alpha value is -1.62. The van der Waals surface area contributed by atoms with Gasteiger partial charge < -0.3 is 9.26 Å². The van der Waals surface area contributed by atoms with Crippen LogP contribution in [-0.4, -0.2) is 28.2 Å². The number of aryl methyl sites for hydroxylation is 2. The third-order valence-corrected chi connectivity index (χ3v) is 3.32. The summed E-state index contributed by atoms with van der Waals surface area (Å²) in [6.07, 6.45) is 3.87. The molecule has 1 unspecified atom stereocenters. The lowest BCUT2D eigenvalue weighted by atomic mass is 10.2. The maximum atomic E-state index is 5.39. The van der Waals surface area contributed by atoms with Crippen LogP contribution in [0.5, 0.6) is 0 Å². The summed E-state index contributed by atoms with van der Waals surface area (Å²) in [6.45, 7) is 5.59. The van der Waals surface area contributed by atoms with Crippen molar-refractivity contribution in [1.82, 2.24) is 14.9 Å². The molecule has 3 heterocycles. The molecule has 0 aliphatic carbocycles. The molecule has 96 valence electrons. The average Bonchev–Trinajstić information content (AvgIpc) is 3.02. The lowest BCUT2D eigenvalue weighted by molar-refractivity contribution is 0.184. The third-order valence-electron chi connectivity index (χ3n) is 3.32. The van der Waals surface area contributed by atoms with E-state index >= 15 is 0 Å². The Morgan fingerprint density at radius 3 is 3.00 bits per heavy atom. The van der Waals surface area contributed by atoms with Gasteiger partial charge in [0.2, 0.25) is 0 Å². The Morgan fingerprint density at radius 1 is 1.44 bits per heavy atom. The van der Waals surface area contributed by atoms with Crippen LogP contribution >= 0.6 is 0 Å². The molecule has 2 aromatic heterocycles. The first-order chi connectivity index (χ1) is 8.72. The largest absolute Gasteiger partial charge is 0.379 e. The van der Waals surface area contributed by atoms with Crippen LogP contribution in [0.4, 0.5) is 0 Å². The molecule has 3 rings (SSSR count). The van der Waals surface area contributed by atoms with Gasteiger partial charge in [0.25, 0.3) is 0 Å². The van der Waals surface area contributed by atoms with Crippen molar-refractivity contribution in [3.8, 4) is 0 Å². The highest BCUT2D eigenvalue weighted by Crippen LogP contribution is 2.20. The summed E-state index contributed by atoms with van der Waals surface area (Å²) < 4.78 is 12.5. The zero-order valence-corrected chi connectivity index (χ0v) is 10.7. The summed E-state index contributed by atoms with van der Waals surface area (Å²) in [5, 5.41) is 8.66. The zero-order chi connectivity index (χ0) is 12.5. The van der Waals surface area contributed by atoms with Gasteiger partial charge in [0.15, 0.2) is 0 Å². The van der Waals surface area contributed by atoms with Crippen LogP contribution < -0.4 is 0 Å². The second-order valence-corrected chi connectivity index (χ2v) is 4.86. The molecule has 5 nitrogen and oxygen atoms in total. The van der Waals surface area contributed by atoms with Crippen molar-refractivity contribution >= 4 is 0 Å². The fraction of sp³-hybridized carbons (Fsp3) is 0.538. The third kappa shape index (κ3) is 2.18. The molecule has 1 fully saturated rings. The van der Waals surface area contributed by atoms with Crippen LogP contribution in [0.2, 0.25) is 0 Å². The van der Waals surface area contributed by atoms with Crippen molar-refractivity contribution in [3.05, 3.63) is 35.0 Å². The smallest absolute Gasteiger partial charge is 0.133 e. The fourth-order valence-electron chi connectivity index (χ4n) is 2.29. The van der Waals surface area contributed by atoms with E-state index in [2.05, 4.69) is 23.4 Å². The van der Waals surface area contributed by atoms with Gasteiger partial charge in [-0.25, -0.2) is 0 Å². The molecule has 2 aromatic rings. The van der Waals surface area contributed by atoms with E-state index in [0.29, 0.717) is 6.04 Å². The minimum Gasteiger partial charge on any atom is -0.379 e. The Bertz CT molecular complexity index is 538. The van der Waals surface area contributed by atoms with Gasteiger partial charge in [-0.3, -0.25) is 4.68 Å². The molecule has 0 radical (unpaired) electrons. The molecule has 0 N–H and O–H groups in total. The Morgan fingerprint density at radius 2 is 2.33 bits per heavy atom. The van der Waals surface area contributed by atoms with Gasteiger partial charge in [-0.05, 0) is 25.8 Å². The van der Waals surface area contributed by atoms with Crippen molar-refractivity contribution in [2.24, 2.45) is 0 Å². The fourth-order valence-corrected chi connectivity index (χ4v) is 2.29. The highest BCUT2D eigenvalue weighted by molar-refractivity contribution is 5.21. The Kier molecular flexibility index (Phi) is 2.91. The molecule has 1 saturated heterocycles. The van der Waals surface area contributed by atoms with Crippen LogP contribution in [0.3, 0.4) is 0 Å². The van der Waals surface area contributed by atoms with Gasteiger partial charge in [-0.1, -0.05) is 5.16 Å². The summed E-state index contributed by atoms with van der Waals surface area (Å²) in [4.78, 5) is 0. The molecule has 0 saturated carbocycles. The minimum atomic E-state index is 0.386. The molecule has 0 bridgehead atoms. The monoisotopic (exact) mass is 247 g/mol. The molecule has 0 aromatic carbocycles. The van der Waals surface area contributed by atoms with Crippen LogP contribution in [0.25, 0.3) is 0 Å². The van der Waals surface area contributed by atoms with Crippen molar-refractivity contribution in [1.29, 1.82) is 0 Å². The number of hydrogen-bond acceptors (Lipinski definition) is 4. The van der Waals surface area contributed by atoms with E-state index < -0.39 is 0 Å². The molecule has 1 aliphatic rings. The van der Waals surface area contributed by atoms with Gasteiger partial charge in [-0.2, -0.15) is 5.10 Å². The second-order valence-electron chi connectivity index (χ2n) is 4.86. The number of rotatable bonds is 3. The Balaban J connectivity index is 1.79. The van der Waals surface area contributed by atoms with Crippen molar-refractivity contribution < 1.29 is 9.26 Å². The van der Waals surface area contributed by atoms with E-state index in [1.165, 1.54) is 5.56 Å². The van der Waals surface area contributed by atoms with Gasteiger partial charge in [0.05, 0.1) is 24.0 Å². The summed E-state index contributed by atoms with van der Waals surface area (Å²) in [5.41, 5.74) is 3.20. The van der Waals surface area contributed by atoms with Crippen LogP contribution in [0.1, 0.15) is 35.2 Å². The van der Waals surface area contributed by atoms with E-state index in [9.17, 15) is 0 Å². The molecule has 1 aliphatic heterocycles. The topological polar surface area (TPSA) is 53.1 Å². The normalized spacial score (nSPS) is 19.6. The van der Waals surface area contributed by atoms with Crippen LogP contribution in [-0.2, 0) is 11.2 Å². The Labute approximate surface area is 106 Å². The number of ether oxygens (including phenoxy) is 1. The molecular weight excluding hydrogens is 230 g/mol. The summed E-state index contributed by atoms with van der Waals surface area (Å²) in [7, 11) is 0. The predicted octanol–water partition coefficient (Wildman–Crippen LogP) is 2.04. The van der Waals surface area contributed by atoms with Gasteiger partial charge in [0, 0.05) is 25.3 Å². The quantitative estimate of drug-likeness (QED) is 0.833.